The molecule has 1 aromatic heterocycles. The number of amides is 1. The third-order valence-corrected chi connectivity index (χ3v) is 2.70. The Labute approximate surface area is 122 Å². The van der Waals surface area contributed by atoms with Crippen molar-refractivity contribution in [2.75, 3.05) is 5.32 Å². The molecule has 0 aliphatic carbocycles. The molecule has 1 amide bonds. The monoisotopic (exact) mass is 282 g/mol. The Hall–Kier alpha value is -2.95. The van der Waals surface area contributed by atoms with Crippen molar-refractivity contribution in [1.29, 1.82) is 0 Å². The highest BCUT2D eigenvalue weighted by molar-refractivity contribution is 6.04. The predicted octanol–water partition coefficient (Wildman–Crippen LogP) is 2.74. The van der Waals surface area contributed by atoms with Gasteiger partial charge in [-0.2, -0.15) is 0 Å². The van der Waals surface area contributed by atoms with Gasteiger partial charge in [0.05, 0.1) is 11.9 Å². The van der Waals surface area contributed by atoms with Crippen LogP contribution >= 0.6 is 0 Å². The molecular formula is C16H14N2O3. The highest BCUT2D eigenvalue weighted by Crippen LogP contribution is 2.13. The lowest BCUT2D eigenvalue weighted by Crippen LogP contribution is -2.12. The standard InChI is InChI=1S/C16H14N2O3/c1-11-7-12(4-5-15(19)20)9-13(8-11)16(21)18-14-3-2-6-17-10-14/h2-10H,1H3,(H,18,21)(H,19,20)/b5-4+. The molecule has 2 rings (SSSR count). The summed E-state index contributed by atoms with van der Waals surface area (Å²) in [5, 5.41) is 11.4. The Kier molecular flexibility index (Phi) is 4.46. The number of hydrogen-bond donors (Lipinski definition) is 2. The second-order valence-corrected chi connectivity index (χ2v) is 4.50. The van der Waals surface area contributed by atoms with Crippen molar-refractivity contribution in [2.45, 2.75) is 6.92 Å². The zero-order chi connectivity index (χ0) is 15.2. The lowest BCUT2D eigenvalue weighted by atomic mass is 10.1. The summed E-state index contributed by atoms with van der Waals surface area (Å²) >= 11 is 0. The normalized spacial score (nSPS) is 10.5. The van der Waals surface area contributed by atoms with Crippen LogP contribution in [0.1, 0.15) is 21.5 Å². The van der Waals surface area contributed by atoms with Gasteiger partial charge in [-0.15, -0.1) is 0 Å². The number of nitrogens with zero attached hydrogens (tertiary/aromatic N) is 1. The number of pyridine rings is 1. The fourth-order valence-corrected chi connectivity index (χ4v) is 1.85. The minimum atomic E-state index is -1.03. The summed E-state index contributed by atoms with van der Waals surface area (Å²) in [5.74, 6) is -1.30. The fraction of sp³-hybridized carbons (Fsp3) is 0.0625. The maximum atomic E-state index is 12.2. The molecule has 0 aliphatic rings. The quantitative estimate of drug-likeness (QED) is 0.845. The molecule has 5 heteroatoms. The maximum Gasteiger partial charge on any atom is 0.328 e. The molecule has 0 aliphatic heterocycles. The Morgan fingerprint density at radius 3 is 2.76 bits per heavy atom. The van der Waals surface area contributed by atoms with E-state index in [-0.39, 0.29) is 5.91 Å². The highest BCUT2D eigenvalue weighted by atomic mass is 16.4. The Morgan fingerprint density at radius 1 is 1.29 bits per heavy atom. The second kappa shape index (κ2) is 6.47. The minimum Gasteiger partial charge on any atom is -0.478 e. The van der Waals surface area contributed by atoms with E-state index in [9.17, 15) is 9.59 Å². The molecule has 0 radical (unpaired) electrons. The van der Waals surface area contributed by atoms with Crippen molar-refractivity contribution >= 4 is 23.6 Å². The Bertz CT molecular complexity index is 694. The third kappa shape index (κ3) is 4.28. The van der Waals surface area contributed by atoms with Gasteiger partial charge in [-0.05, 0) is 48.4 Å². The SMILES string of the molecule is Cc1cc(/C=C/C(=O)O)cc(C(=O)Nc2cccnc2)c1. The lowest BCUT2D eigenvalue weighted by molar-refractivity contribution is -0.131. The number of carbonyl (C=O) groups excluding carboxylic acids is 1. The summed E-state index contributed by atoms with van der Waals surface area (Å²) in [6, 6.07) is 8.65. The van der Waals surface area contributed by atoms with Crippen LogP contribution in [-0.4, -0.2) is 22.0 Å². The van der Waals surface area contributed by atoms with Gasteiger partial charge in [0.15, 0.2) is 0 Å². The van der Waals surface area contributed by atoms with Gasteiger partial charge in [0.25, 0.3) is 5.91 Å². The first-order valence-corrected chi connectivity index (χ1v) is 6.29. The summed E-state index contributed by atoms with van der Waals surface area (Å²) in [6.45, 7) is 1.85. The maximum absolute atomic E-state index is 12.2. The van der Waals surface area contributed by atoms with E-state index < -0.39 is 5.97 Å². The number of rotatable bonds is 4. The van der Waals surface area contributed by atoms with E-state index in [1.165, 1.54) is 6.08 Å². The molecule has 0 atom stereocenters. The molecule has 0 unspecified atom stereocenters. The van der Waals surface area contributed by atoms with E-state index in [4.69, 9.17) is 5.11 Å². The van der Waals surface area contributed by atoms with Crippen molar-refractivity contribution in [1.82, 2.24) is 4.98 Å². The van der Waals surface area contributed by atoms with Crippen molar-refractivity contribution in [3.63, 3.8) is 0 Å². The molecule has 2 N–H and O–H groups in total. The van der Waals surface area contributed by atoms with Gasteiger partial charge >= 0.3 is 5.97 Å². The van der Waals surface area contributed by atoms with Gasteiger partial charge in [0, 0.05) is 17.8 Å². The molecule has 0 fully saturated rings. The second-order valence-electron chi connectivity index (χ2n) is 4.50. The van der Waals surface area contributed by atoms with E-state index in [0.717, 1.165) is 11.6 Å². The molecule has 0 spiro atoms. The van der Waals surface area contributed by atoms with Gasteiger partial charge < -0.3 is 10.4 Å². The number of aromatic nitrogens is 1. The molecule has 0 saturated heterocycles. The first kappa shape index (κ1) is 14.5. The van der Waals surface area contributed by atoms with E-state index in [1.807, 2.05) is 6.92 Å². The summed E-state index contributed by atoms with van der Waals surface area (Å²) < 4.78 is 0. The Morgan fingerprint density at radius 2 is 2.10 bits per heavy atom. The van der Waals surface area contributed by atoms with Crippen molar-refractivity contribution in [2.24, 2.45) is 0 Å². The van der Waals surface area contributed by atoms with Crippen LogP contribution in [0.25, 0.3) is 6.08 Å². The number of aliphatic carboxylic acids is 1. The molecule has 2 aromatic rings. The van der Waals surface area contributed by atoms with Crippen LogP contribution < -0.4 is 5.32 Å². The van der Waals surface area contributed by atoms with Crippen molar-refractivity contribution in [3.8, 4) is 0 Å². The van der Waals surface area contributed by atoms with Crippen LogP contribution in [0, 0.1) is 6.92 Å². The number of anilines is 1. The van der Waals surface area contributed by atoms with Gasteiger partial charge in [-0.25, -0.2) is 4.79 Å². The van der Waals surface area contributed by atoms with Crippen LogP contribution in [0.15, 0.2) is 48.8 Å². The molecule has 1 aromatic carbocycles. The number of carboxylic acid groups (broad SMARTS) is 1. The summed E-state index contributed by atoms with van der Waals surface area (Å²) in [5.41, 5.74) is 2.60. The smallest absolute Gasteiger partial charge is 0.328 e. The van der Waals surface area contributed by atoms with E-state index in [1.54, 1.807) is 42.7 Å². The predicted molar refractivity (Wildman–Crippen MR) is 80.0 cm³/mol. The molecule has 21 heavy (non-hydrogen) atoms. The average Bonchev–Trinajstić information content (AvgIpc) is 2.45. The number of aryl methyl sites for hydroxylation is 1. The van der Waals surface area contributed by atoms with E-state index >= 15 is 0 Å². The molecule has 0 saturated carbocycles. The first-order chi connectivity index (χ1) is 10.0. The molecular weight excluding hydrogens is 268 g/mol. The molecule has 5 nitrogen and oxygen atoms in total. The molecule has 106 valence electrons. The summed E-state index contributed by atoms with van der Waals surface area (Å²) in [7, 11) is 0. The average molecular weight is 282 g/mol. The first-order valence-electron chi connectivity index (χ1n) is 6.29. The van der Waals surface area contributed by atoms with Gasteiger partial charge in [0.1, 0.15) is 0 Å². The number of nitrogens with one attached hydrogen (secondary N) is 1. The van der Waals surface area contributed by atoms with Crippen LogP contribution in [-0.2, 0) is 4.79 Å². The van der Waals surface area contributed by atoms with Crippen LogP contribution in [0.2, 0.25) is 0 Å². The van der Waals surface area contributed by atoms with Gasteiger partial charge in [-0.3, -0.25) is 9.78 Å². The van der Waals surface area contributed by atoms with Gasteiger partial charge in [0.2, 0.25) is 0 Å². The van der Waals surface area contributed by atoms with Crippen molar-refractivity contribution < 1.29 is 14.7 Å². The number of hydrogen-bond acceptors (Lipinski definition) is 3. The van der Waals surface area contributed by atoms with Crippen molar-refractivity contribution in [3.05, 3.63) is 65.5 Å². The molecule has 1 heterocycles. The Balaban J connectivity index is 2.23. The number of carbonyl (C=O) groups is 2. The zero-order valence-electron chi connectivity index (χ0n) is 11.4. The summed E-state index contributed by atoms with van der Waals surface area (Å²) in [4.78, 5) is 26.6. The topological polar surface area (TPSA) is 79.3 Å². The lowest BCUT2D eigenvalue weighted by Gasteiger charge is -2.07. The van der Waals surface area contributed by atoms with Crippen LogP contribution in [0.5, 0.6) is 0 Å². The van der Waals surface area contributed by atoms with Crippen LogP contribution in [0.3, 0.4) is 0 Å². The fourth-order valence-electron chi connectivity index (χ4n) is 1.85. The number of benzene rings is 1. The third-order valence-electron chi connectivity index (χ3n) is 2.70. The van der Waals surface area contributed by atoms with E-state index in [2.05, 4.69) is 10.3 Å². The number of carboxylic acids is 1. The van der Waals surface area contributed by atoms with Gasteiger partial charge in [-0.1, -0.05) is 6.07 Å². The largest absolute Gasteiger partial charge is 0.478 e. The zero-order valence-corrected chi connectivity index (χ0v) is 11.4. The van der Waals surface area contributed by atoms with E-state index in [0.29, 0.717) is 16.8 Å². The summed E-state index contributed by atoms with van der Waals surface area (Å²) in [6.07, 6.45) is 5.67. The molecule has 0 bridgehead atoms. The van der Waals surface area contributed by atoms with Crippen LogP contribution in [0.4, 0.5) is 5.69 Å². The minimum absolute atomic E-state index is 0.267. The highest BCUT2D eigenvalue weighted by Gasteiger charge is 2.07.